The lowest BCUT2D eigenvalue weighted by Gasteiger charge is -2.51. The molecule has 1 saturated carbocycles. The monoisotopic (exact) mass is 390 g/mol. The van der Waals surface area contributed by atoms with Crippen molar-refractivity contribution in [1.29, 1.82) is 0 Å². The fourth-order valence-corrected chi connectivity index (χ4v) is 5.89. The van der Waals surface area contributed by atoms with E-state index >= 15 is 0 Å². The van der Waals surface area contributed by atoms with Crippen LogP contribution in [0.25, 0.3) is 0 Å². The van der Waals surface area contributed by atoms with Gasteiger partial charge in [0.1, 0.15) is 0 Å². The van der Waals surface area contributed by atoms with Crippen molar-refractivity contribution < 1.29 is 4.74 Å². The number of hydrogen-bond donors (Lipinski definition) is 0. The number of aliphatic imine (C=N–C) groups is 1. The molecule has 6 rings (SSSR count). The minimum atomic E-state index is -0.0114. The van der Waals surface area contributed by atoms with Crippen LogP contribution < -0.4 is 0 Å². The number of morpholine rings is 1. The molecule has 1 aromatic carbocycles. The zero-order chi connectivity index (χ0) is 17.7. The van der Waals surface area contributed by atoms with Gasteiger partial charge in [-0.25, -0.2) is 0 Å². The number of amidine groups is 1. The van der Waals surface area contributed by atoms with Crippen molar-refractivity contribution in [1.82, 2.24) is 4.90 Å². The highest BCUT2D eigenvalue weighted by Gasteiger charge is 2.55. The van der Waals surface area contributed by atoms with E-state index in [0.717, 1.165) is 39.1 Å². The Bertz CT molecular complexity index is 771. The normalized spacial score (nSPS) is 36.0. The quantitative estimate of drug-likeness (QED) is 0.634. The summed E-state index contributed by atoms with van der Waals surface area (Å²) in [6.07, 6.45) is 9.57. The van der Waals surface area contributed by atoms with Crippen LogP contribution in [0.5, 0.6) is 0 Å². The fraction of sp³-hybridized carbons (Fsp3) is 0.571. The summed E-state index contributed by atoms with van der Waals surface area (Å²) >= 11 is 12.6. The third-order valence-electron chi connectivity index (χ3n) is 6.78. The average molecular weight is 391 g/mol. The Morgan fingerprint density at radius 3 is 2.65 bits per heavy atom. The summed E-state index contributed by atoms with van der Waals surface area (Å²) in [7, 11) is 0. The first kappa shape index (κ1) is 17.1. The molecule has 1 saturated heterocycles. The van der Waals surface area contributed by atoms with Gasteiger partial charge in [-0.1, -0.05) is 41.4 Å². The third kappa shape index (κ3) is 2.63. The first-order valence-electron chi connectivity index (χ1n) is 9.72. The van der Waals surface area contributed by atoms with E-state index in [1.165, 1.54) is 24.2 Å². The van der Waals surface area contributed by atoms with Gasteiger partial charge in [0.25, 0.3) is 0 Å². The van der Waals surface area contributed by atoms with E-state index in [2.05, 4.69) is 29.2 Å². The SMILES string of the molecule is Clc1ccc(C2C3C=CC(CC3)C23CCC(N2CCOCC2)=N3)cc1Cl. The van der Waals surface area contributed by atoms with Crippen LogP contribution in [0.15, 0.2) is 35.3 Å². The van der Waals surface area contributed by atoms with Crippen molar-refractivity contribution in [3.63, 3.8) is 0 Å². The molecule has 0 amide bonds. The maximum Gasteiger partial charge on any atom is 0.0998 e. The Balaban J connectivity index is 1.55. The van der Waals surface area contributed by atoms with Crippen LogP contribution in [0.3, 0.4) is 0 Å². The lowest BCUT2D eigenvalue weighted by molar-refractivity contribution is 0.0673. The van der Waals surface area contributed by atoms with Gasteiger partial charge in [-0.05, 0) is 42.9 Å². The van der Waals surface area contributed by atoms with Gasteiger partial charge in [0.15, 0.2) is 0 Å². The number of rotatable bonds is 1. The molecule has 3 aliphatic carbocycles. The van der Waals surface area contributed by atoms with E-state index in [9.17, 15) is 0 Å². The van der Waals surface area contributed by atoms with E-state index in [-0.39, 0.29) is 5.54 Å². The van der Waals surface area contributed by atoms with Crippen LogP contribution in [-0.2, 0) is 4.74 Å². The summed E-state index contributed by atoms with van der Waals surface area (Å²) < 4.78 is 5.53. The molecule has 1 spiro atoms. The number of ether oxygens (including phenoxy) is 1. The third-order valence-corrected chi connectivity index (χ3v) is 7.51. The standard InChI is InChI=1S/C21H24Cl2N2O/c22-17-6-3-15(13-18(17)23)20-14-1-4-16(5-2-14)21(20)8-7-19(24-21)25-9-11-26-12-10-25/h1,3-4,6,13-14,16,20H,2,5,7-12H2. The average Bonchev–Trinajstić information content (AvgIpc) is 3.11. The largest absolute Gasteiger partial charge is 0.378 e. The lowest BCUT2D eigenvalue weighted by atomic mass is 9.55. The molecule has 2 fully saturated rings. The van der Waals surface area contributed by atoms with Crippen LogP contribution in [0.1, 0.15) is 37.2 Å². The predicted octanol–water partition coefficient (Wildman–Crippen LogP) is 4.94. The summed E-state index contributed by atoms with van der Waals surface area (Å²) in [6.45, 7) is 3.56. The Kier molecular flexibility index (Phi) is 4.30. The molecule has 1 aromatic rings. The lowest BCUT2D eigenvalue weighted by Crippen LogP contribution is -2.49. The number of benzene rings is 1. The molecule has 4 atom stereocenters. The van der Waals surface area contributed by atoms with Gasteiger partial charge in [-0.3, -0.25) is 4.99 Å². The van der Waals surface area contributed by atoms with Gasteiger partial charge in [0, 0.05) is 31.3 Å². The highest BCUT2D eigenvalue weighted by Crippen LogP contribution is 2.58. The summed E-state index contributed by atoms with van der Waals surface area (Å²) in [4.78, 5) is 7.90. The summed E-state index contributed by atoms with van der Waals surface area (Å²) in [6, 6.07) is 6.19. The van der Waals surface area contributed by atoms with E-state index in [1.54, 1.807) is 0 Å². The van der Waals surface area contributed by atoms with Crippen LogP contribution >= 0.6 is 23.2 Å². The van der Waals surface area contributed by atoms with Gasteiger partial charge < -0.3 is 9.64 Å². The summed E-state index contributed by atoms with van der Waals surface area (Å²) in [5, 5.41) is 1.28. The summed E-state index contributed by atoms with van der Waals surface area (Å²) in [5.41, 5.74) is 1.29. The zero-order valence-electron chi connectivity index (χ0n) is 14.8. The van der Waals surface area contributed by atoms with E-state index in [1.807, 2.05) is 6.07 Å². The molecular weight excluding hydrogens is 367 g/mol. The maximum atomic E-state index is 6.37. The molecule has 5 aliphatic rings. The highest BCUT2D eigenvalue weighted by atomic mass is 35.5. The molecular formula is C21H24Cl2N2O. The molecule has 0 aromatic heterocycles. The van der Waals surface area contributed by atoms with Crippen molar-refractivity contribution >= 4 is 29.0 Å². The van der Waals surface area contributed by atoms with E-state index < -0.39 is 0 Å². The molecule has 0 radical (unpaired) electrons. The molecule has 4 unspecified atom stereocenters. The van der Waals surface area contributed by atoms with Crippen molar-refractivity contribution in [3.05, 3.63) is 46.0 Å². The van der Waals surface area contributed by atoms with Gasteiger partial charge in [-0.15, -0.1) is 0 Å². The smallest absolute Gasteiger partial charge is 0.0998 e. The Labute approximate surface area is 165 Å². The number of hydrogen-bond acceptors (Lipinski definition) is 3. The Morgan fingerprint density at radius 1 is 1.08 bits per heavy atom. The van der Waals surface area contributed by atoms with Gasteiger partial charge in [-0.2, -0.15) is 0 Å². The van der Waals surface area contributed by atoms with E-state index in [0.29, 0.717) is 27.8 Å². The second-order valence-electron chi connectivity index (χ2n) is 8.00. The fourth-order valence-electron chi connectivity index (χ4n) is 5.59. The Morgan fingerprint density at radius 2 is 1.92 bits per heavy atom. The highest BCUT2D eigenvalue weighted by molar-refractivity contribution is 6.42. The van der Waals surface area contributed by atoms with E-state index in [4.69, 9.17) is 32.9 Å². The topological polar surface area (TPSA) is 24.8 Å². The minimum absolute atomic E-state index is 0.0114. The molecule has 2 bridgehead atoms. The first-order valence-corrected chi connectivity index (χ1v) is 10.5. The molecule has 5 heteroatoms. The zero-order valence-corrected chi connectivity index (χ0v) is 16.3. The second kappa shape index (κ2) is 6.54. The summed E-state index contributed by atoms with van der Waals surface area (Å²) in [5.74, 6) is 2.77. The van der Waals surface area contributed by atoms with Gasteiger partial charge in [0.2, 0.25) is 0 Å². The first-order chi connectivity index (χ1) is 12.7. The van der Waals surface area contributed by atoms with Crippen molar-refractivity contribution in [2.45, 2.75) is 37.1 Å². The van der Waals surface area contributed by atoms with Crippen molar-refractivity contribution in [3.8, 4) is 0 Å². The second-order valence-corrected chi connectivity index (χ2v) is 8.82. The van der Waals surface area contributed by atoms with Crippen LogP contribution in [-0.4, -0.2) is 42.6 Å². The van der Waals surface area contributed by atoms with Crippen molar-refractivity contribution in [2.75, 3.05) is 26.3 Å². The molecule has 138 valence electrons. The molecule has 3 nitrogen and oxygen atoms in total. The van der Waals surface area contributed by atoms with Crippen molar-refractivity contribution in [2.24, 2.45) is 16.8 Å². The number of fused-ring (bicyclic) bond motifs is 1. The number of allylic oxidation sites excluding steroid dienone is 1. The number of nitrogens with zero attached hydrogens (tertiary/aromatic N) is 2. The predicted molar refractivity (Wildman–Crippen MR) is 106 cm³/mol. The van der Waals surface area contributed by atoms with Gasteiger partial charge >= 0.3 is 0 Å². The Hall–Kier alpha value is -1.03. The molecule has 26 heavy (non-hydrogen) atoms. The van der Waals surface area contributed by atoms with Crippen LogP contribution in [0.2, 0.25) is 10.0 Å². The van der Waals surface area contributed by atoms with Gasteiger partial charge in [0.05, 0.1) is 34.6 Å². The molecule has 2 aliphatic heterocycles. The number of halogens is 2. The molecule has 0 N–H and O–H groups in total. The van der Waals surface area contributed by atoms with Crippen LogP contribution in [0.4, 0.5) is 0 Å². The minimum Gasteiger partial charge on any atom is -0.378 e. The maximum absolute atomic E-state index is 6.37. The van der Waals surface area contributed by atoms with Crippen LogP contribution in [0, 0.1) is 11.8 Å². The molecule has 2 heterocycles.